The Kier molecular flexibility index (Phi) is 2.03. The van der Waals surface area contributed by atoms with Crippen LogP contribution in [-0.2, 0) is 10.2 Å². The Hall–Kier alpha value is -1.37. The maximum Gasteiger partial charge on any atom is 0.143 e. The van der Waals surface area contributed by atoms with Gasteiger partial charge in [0, 0.05) is 6.42 Å². The first-order chi connectivity index (χ1) is 6.68. The van der Waals surface area contributed by atoms with Gasteiger partial charge in [0.25, 0.3) is 0 Å². The van der Waals surface area contributed by atoms with Crippen molar-refractivity contribution < 1.29 is 4.79 Å². The molecule has 1 saturated carbocycles. The summed E-state index contributed by atoms with van der Waals surface area (Å²) in [5.41, 5.74) is 1.97. The van der Waals surface area contributed by atoms with Crippen molar-refractivity contribution in [1.29, 1.82) is 0 Å². The van der Waals surface area contributed by atoms with Crippen LogP contribution in [0.25, 0.3) is 6.08 Å². The molecular weight excluding hydrogens is 172 g/mol. The van der Waals surface area contributed by atoms with Crippen LogP contribution in [0.15, 0.2) is 30.8 Å². The van der Waals surface area contributed by atoms with Gasteiger partial charge in [0.2, 0.25) is 0 Å². The predicted octanol–water partition coefficient (Wildman–Crippen LogP) is 2.95. The molecular formula is C13H14O. The summed E-state index contributed by atoms with van der Waals surface area (Å²) in [5, 5.41) is 0. The molecule has 1 aliphatic rings. The normalized spacial score (nSPS) is 25.6. The van der Waals surface area contributed by atoms with Crippen LogP contribution in [-0.4, -0.2) is 5.78 Å². The molecule has 1 atom stereocenters. The van der Waals surface area contributed by atoms with E-state index in [2.05, 4.69) is 6.58 Å². The highest BCUT2D eigenvalue weighted by Gasteiger charge is 2.43. The molecule has 0 spiro atoms. The fraction of sp³-hybridized carbons (Fsp3) is 0.308. The van der Waals surface area contributed by atoms with Gasteiger partial charge >= 0.3 is 0 Å². The van der Waals surface area contributed by atoms with Crippen LogP contribution in [0.1, 0.15) is 30.9 Å². The first-order valence-electron chi connectivity index (χ1n) is 4.94. The lowest BCUT2D eigenvalue weighted by Gasteiger charge is -2.37. The summed E-state index contributed by atoms with van der Waals surface area (Å²) in [6.45, 7) is 5.81. The molecule has 0 radical (unpaired) electrons. The van der Waals surface area contributed by atoms with E-state index in [0.29, 0.717) is 5.78 Å². The summed E-state index contributed by atoms with van der Waals surface area (Å²) in [4.78, 5) is 11.6. The Balaban J connectivity index is 2.50. The Morgan fingerprint density at radius 3 is 2.64 bits per heavy atom. The monoisotopic (exact) mass is 186 g/mol. The van der Waals surface area contributed by atoms with E-state index in [-0.39, 0.29) is 5.41 Å². The molecule has 0 aromatic heterocycles. The zero-order chi connectivity index (χ0) is 10.2. The molecule has 0 saturated heterocycles. The molecule has 1 fully saturated rings. The highest BCUT2D eigenvalue weighted by molar-refractivity contribution is 5.96. The average Bonchev–Trinajstić information content (AvgIpc) is 2.26. The van der Waals surface area contributed by atoms with Gasteiger partial charge in [-0.3, -0.25) is 4.79 Å². The zero-order valence-electron chi connectivity index (χ0n) is 8.42. The van der Waals surface area contributed by atoms with Gasteiger partial charge in [0.1, 0.15) is 5.78 Å². The lowest BCUT2D eigenvalue weighted by Crippen LogP contribution is -2.42. The highest BCUT2D eigenvalue weighted by Crippen LogP contribution is 2.41. The number of benzene rings is 1. The second-order valence-electron chi connectivity index (χ2n) is 4.05. The molecule has 1 unspecified atom stereocenters. The maximum atomic E-state index is 11.6. The van der Waals surface area contributed by atoms with Gasteiger partial charge in [-0.15, -0.1) is 0 Å². The van der Waals surface area contributed by atoms with E-state index in [1.807, 2.05) is 37.3 Å². The van der Waals surface area contributed by atoms with Crippen molar-refractivity contribution in [1.82, 2.24) is 0 Å². The van der Waals surface area contributed by atoms with Crippen molar-refractivity contribution in [3.8, 4) is 0 Å². The molecule has 1 aromatic carbocycles. The molecule has 0 amide bonds. The number of carbonyl (C=O) groups is 1. The first-order valence-corrected chi connectivity index (χ1v) is 4.94. The number of rotatable bonds is 2. The van der Waals surface area contributed by atoms with Crippen molar-refractivity contribution >= 4 is 11.9 Å². The van der Waals surface area contributed by atoms with E-state index < -0.39 is 0 Å². The Labute approximate surface area is 84.5 Å². The number of ketones is 1. The smallest absolute Gasteiger partial charge is 0.143 e. The van der Waals surface area contributed by atoms with Gasteiger partial charge in [0.15, 0.2) is 0 Å². The molecule has 1 heteroatoms. The van der Waals surface area contributed by atoms with Crippen LogP contribution in [0.2, 0.25) is 0 Å². The summed E-state index contributed by atoms with van der Waals surface area (Å²) in [5.74, 6) is 0.354. The fourth-order valence-electron chi connectivity index (χ4n) is 2.06. The predicted molar refractivity (Wildman–Crippen MR) is 58.1 cm³/mol. The van der Waals surface area contributed by atoms with Gasteiger partial charge in [-0.25, -0.2) is 0 Å². The fourth-order valence-corrected chi connectivity index (χ4v) is 2.06. The van der Waals surface area contributed by atoms with Gasteiger partial charge in [-0.1, -0.05) is 36.9 Å². The van der Waals surface area contributed by atoms with Crippen LogP contribution in [0.5, 0.6) is 0 Å². The molecule has 0 heterocycles. The minimum absolute atomic E-state index is 0.245. The number of hydrogen-bond acceptors (Lipinski definition) is 1. The minimum Gasteiger partial charge on any atom is -0.299 e. The Morgan fingerprint density at radius 2 is 2.14 bits per heavy atom. The van der Waals surface area contributed by atoms with E-state index in [9.17, 15) is 4.79 Å². The molecule has 14 heavy (non-hydrogen) atoms. The zero-order valence-corrected chi connectivity index (χ0v) is 8.42. The van der Waals surface area contributed by atoms with E-state index in [1.54, 1.807) is 0 Å². The number of carbonyl (C=O) groups excluding carboxylic acids is 1. The number of hydrogen-bond donors (Lipinski definition) is 0. The quantitative estimate of drug-likeness (QED) is 0.694. The average molecular weight is 186 g/mol. The summed E-state index contributed by atoms with van der Waals surface area (Å²) < 4.78 is 0. The van der Waals surface area contributed by atoms with Crippen molar-refractivity contribution in [2.24, 2.45) is 0 Å². The second-order valence-corrected chi connectivity index (χ2v) is 4.05. The molecule has 2 rings (SSSR count). The van der Waals surface area contributed by atoms with Crippen LogP contribution in [0, 0.1) is 0 Å². The topological polar surface area (TPSA) is 17.1 Å². The molecule has 1 nitrogen and oxygen atoms in total. The van der Waals surface area contributed by atoms with E-state index in [1.165, 1.54) is 0 Å². The van der Waals surface area contributed by atoms with Crippen LogP contribution < -0.4 is 0 Å². The first kappa shape index (κ1) is 9.20. The lowest BCUT2D eigenvalue weighted by molar-refractivity contribution is -0.130. The molecule has 72 valence electrons. The molecule has 0 N–H and O–H groups in total. The van der Waals surface area contributed by atoms with Crippen molar-refractivity contribution in [3.63, 3.8) is 0 Å². The third-order valence-electron chi connectivity index (χ3n) is 3.24. The van der Waals surface area contributed by atoms with E-state index in [0.717, 1.165) is 24.0 Å². The molecule has 1 aromatic rings. The van der Waals surface area contributed by atoms with Crippen molar-refractivity contribution in [3.05, 3.63) is 42.0 Å². The van der Waals surface area contributed by atoms with Gasteiger partial charge in [-0.2, -0.15) is 0 Å². The van der Waals surface area contributed by atoms with Crippen LogP contribution in [0.4, 0.5) is 0 Å². The van der Waals surface area contributed by atoms with Crippen LogP contribution >= 0.6 is 0 Å². The summed E-state index contributed by atoms with van der Waals surface area (Å²) in [7, 11) is 0. The molecule has 0 bridgehead atoms. The third kappa shape index (κ3) is 1.12. The summed E-state index contributed by atoms with van der Waals surface area (Å²) in [6, 6.07) is 8.01. The molecule has 0 aliphatic heterocycles. The van der Waals surface area contributed by atoms with Gasteiger partial charge in [-0.05, 0) is 24.5 Å². The summed E-state index contributed by atoms with van der Waals surface area (Å²) >= 11 is 0. The Morgan fingerprint density at radius 1 is 1.43 bits per heavy atom. The van der Waals surface area contributed by atoms with Gasteiger partial charge in [0.05, 0.1) is 5.41 Å². The van der Waals surface area contributed by atoms with Crippen LogP contribution in [0.3, 0.4) is 0 Å². The maximum absolute atomic E-state index is 11.6. The highest BCUT2D eigenvalue weighted by atomic mass is 16.1. The largest absolute Gasteiger partial charge is 0.299 e. The van der Waals surface area contributed by atoms with Crippen molar-refractivity contribution in [2.75, 3.05) is 0 Å². The Bertz CT molecular complexity index is 392. The number of Topliss-reactive ketones (excluding diaryl/α,β-unsaturated/α-hetero) is 1. The minimum atomic E-state index is -0.245. The lowest BCUT2D eigenvalue weighted by atomic mass is 9.64. The van der Waals surface area contributed by atoms with Crippen molar-refractivity contribution in [2.45, 2.75) is 25.2 Å². The second kappa shape index (κ2) is 3.09. The van der Waals surface area contributed by atoms with Gasteiger partial charge < -0.3 is 0 Å². The SMILES string of the molecule is C=Cc1ccccc1C1(C)CCC1=O. The van der Waals surface area contributed by atoms with E-state index in [4.69, 9.17) is 0 Å². The third-order valence-corrected chi connectivity index (χ3v) is 3.24. The molecule has 1 aliphatic carbocycles. The summed E-state index contributed by atoms with van der Waals surface area (Å²) in [6.07, 6.45) is 3.52. The van der Waals surface area contributed by atoms with E-state index >= 15 is 0 Å². The standard InChI is InChI=1S/C13H14O/c1-3-10-6-4-5-7-11(10)13(2)9-8-12(13)14/h3-7H,1,8-9H2,2H3.